The molecule has 0 unspecified atom stereocenters. The molecule has 0 saturated heterocycles. The lowest BCUT2D eigenvalue weighted by molar-refractivity contribution is 0.112. The van der Waals surface area contributed by atoms with Gasteiger partial charge in [0.25, 0.3) is 0 Å². The molecule has 3 aromatic rings. The minimum absolute atomic E-state index is 0.696. The molecule has 0 fully saturated rings. The third-order valence-corrected chi connectivity index (χ3v) is 5.56. The fraction of sp³-hybridized carbons (Fsp3) is 0.136. The summed E-state index contributed by atoms with van der Waals surface area (Å²) in [6, 6.07) is 17.0. The minimum atomic E-state index is 0.696. The van der Waals surface area contributed by atoms with Crippen molar-refractivity contribution in [2.75, 3.05) is 0 Å². The highest BCUT2D eigenvalue weighted by Crippen LogP contribution is 2.36. The first-order valence-electron chi connectivity index (χ1n) is 8.32. The summed E-state index contributed by atoms with van der Waals surface area (Å²) in [5.74, 6) is 0. The summed E-state index contributed by atoms with van der Waals surface area (Å²) >= 11 is 3.47. The average molecular weight is 392 g/mol. The van der Waals surface area contributed by atoms with Crippen molar-refractivity contribution in [1.29, 1.82) is 0 Å². The first-order chi connectivity index (χ1) is 12.1. The first-order valence-corrected chi connectivity index (χ1v) is 9.11. The lowest BCUT2D eigenvalue weighted by Crippen LogP contribution is -1.99. The Morgan fingerprint density at radius 1 is 1.00 bits per heavy atom. The van der Waals surface area contributed by atoms with Crippen molar-refractivity contribution < 1.29 is 4.79 Å². The molecule has 1 aromatic heterocycles. The Hall–Kier alpha value is -2.39. The quantitative estimate of drug-likeness (QED) is 0.528. The Kier molecular flexibility index (Phi) is 3.97. The van der Waals surface area contributed by atoms with E-state index in [0.29, 0.717) is 5.56 Å². The normalized spacial score (nSPS) is 12.8. The maximum absolute atomic E-state index is 11.3. The molecule has 0 bridgehead atoms. The van der Waals surface area contributed by atoms with Crippen LogP contribution in [0.2, 0.25) is 0 Å². The van der Waals surface area contributed by atoms with E-state index < -0.39 is 0 Å². The zero-order valence-corrected chi connectivity index (χ0v) is 15.8. The second-order valence-corrected chi connectivity index (χ2v) is 7.32. The van der Waals surface area contributed by atoms with Gasteiger partial charge in [0.05, 0.1) is 0 Å². The van der Waals surface area contributed by atoms with Gasteiger partial charge in [0, 0.05) is 27.1 Å². The number of carbonyl (C=O) groups is 1. The van der Waals surface area contributed by atoms with Crippen LogP contribution in [-0.4, -0.2) is 10.9 Å². The Labute approximate surface area is 155 Å². The number of aldehydes is 1. The molecule has 1 heterocycles. The van der Waals surface area contributed by atoms with Crippen LogP contribution >= 0.6 is 15.9 Å². The number of rotatable bonds is 3. The van der Waals surface area contributed by atoms with Gasteiger partial charge in [0.1, 0.15) is 0 Å². The van der Waals surface area contributed by atoms with Crippen LogP contribution in [-0.2, 0) is 6.42 Å². The van der Waals surface area contributed by atoms with Crippen molar-refractivity contribution in [3.8, 4) is 5.69 Å². The van der Waals surface area contributed by atoms with Gasteiger partial charge >= 0.3 is 0 Å². The van der Waals surface area contributed by atoms with E-state index in [4.69, 9.17) is 0 Å². The van der Waals surface area contributed by atoms with Crippen molar-refractivity contribution in [2.24, 2.45) is 0 Å². The van der Waals surface area contributed by atoms with Crippen molar-refractivity contribution in [3.63, 3.8) is 0 Å². The van der Waals surface area contributed by atoms with Gasteiger partial charge in [-0.25, -0.2) is 0 Å². The number of aromatic nitrogens is 1. The molecule has 0 saturated carbocycles. The molecule has 4 rings (SSSR count). The Morgan fingerprint density at radius 3 is 2.32 bits per heavy atom. The van der Waals surface area contributed by atoms with Gasteiger partial charge in [-0.2, -0.15) is 0 Å². The molecule has 1 aliphatic rings. The summed E-state index contributed by atoms with van der Waals surface area (Å²) in [6.07, 6.45) is 4.05. The molecule has 0 atom stereocenters. The van der Waals surface area contributed by atoms with Crippen LogP contribution in [0.4, 0.5) is 0 Å². The summed E-state index contributed by atoms with van der Waals surface area (Å²) in [4.78, 5) is 11.3. The average Bonchev–Trinajstić information content (AvgIpc) is 3.17. The van der Waals surface area contributed by atoms with Crippen molar-refractivity contribution in [1.82, 2.24) is 4.57 Å². The Bertz CT molecular complexity index is 990. The highest BCUT2D eigenvalue weighted by Gasteiger charge is 2.18. The number of benzene rings is 2. The highest BCUT2D eigenvalue weighted by molar-refractivity contribution is 9.10. The van der Waals surface area contributed by atoms with E-state index in [2.05, 4.69) is 82.9 Å². The SMILES string of the molecule is Cc1ccc(C)n1-c1ccc(C2=CCc3cc(Br)c(C=O)cc32)cc1. The third kappa shape index (κ3) is 2.69. The molecule has 0 N–H and O–H groups in total. The first kappa shape index (κ1) is 16.1. The van der Waals surface area contributed by atoms with E-state index in [9.17, 15) is 4.79 Å². The second-order valence-electron chi connectivity index (χ2n) is 6.47. The van der Waals surface area contributed by atoms with Crippen molar-refractivity contribution >= 4 is 27.8 Å². The molecule has 124 valence electrons. The number of fused-ring (bicyclic) bond motifs is 1. The number of carbonyl (C=O) groups excluding carboxylic acids is 1. The smallest absolute Gasteiger partial charge is 0.151 e. The molecule has 0 spiro atoms. The third-order valence-electron chi connectivity index (χ3n) is 4.87. The lowest BCUT2D eigenvalue weighted by Gasteiger charge is -2.12. The number of halogens is 1. The summed E-state index contributed by atoms with van der Waals surface area (Å²) in [5.41, 5.74) is 9.14. The van der Waals surface area contributed by atoms with E-state index in [-0.39, 0.29) is 0 Å². The predicted molar refractivity (Wildman–Crippen MR) is 106 cm³/mol. The van der Waals surface area contributed by atoms with E-state index >= 15 is 0 Å². The van der Waals surface area contributed by atoms with E-state index in [0.717, 1.165) is 22.7 Å². The topological polar surface area (TPSA) is 22.0 Å². The Balaban J connectivity index is 1.73. The van der Waals surface area contributed by atoms with Gasteiger partial charge in [0.2, 0.25) is 0 Å². The van der Waals surface area contributed by atoms with Gasteiger partial charge in [-0.3, -0.25) is 4.79 Å². The van der Waals surface area contributed by atoms with E-state index in [1.54, 1.807) is 0 Å². The molecular weight excluding hydrogens is 374 g/mol. The van der Waals surface area contributed by atoms with Gasteiger partial charge in [-0.15, -0.1) is 0 Å². The number of allylic oxidation sites excluding steroid dienone is 1. The fourth-order valence-electron chi connectivity index (χ4n) is 3.60. The number of hydrogen-bond acceptors (Lipinski definition) is 1. The molecule has 2 aromatic carbocycles. The monoisotopic (exact) mass is 391 g/mol. The van der Waals surface area contributed by atoms with E-state index in [1.165, 1.54) is 33.8 Å². The van der Waals surface area contributed by atoms with Gasteiger partial charge < -0.3 is 4.57 Å². The number of hydrogen-bond donors (Lipinski definition) is 0. The van der Waals surface area contributed by atoms with Gasteiger partial charge in [0.15, 0.2) is 6.29 Å². The van der Waals surface area contributed by atoms with Crippen LogP contribution < -0.4 is 0 Å². The zero-order valence-electron chi connectivity index (χ0n) is 14.2. The Morgan fingerprint density at radius 2 is 1.68 bits per heavy atom. The largest absolute Gasteiger partial charge is 0.319 e. The molecule has 2 nitrogen and oxygen atoms in total. The minimum Gasteiger partial charge on any atom is -0.319 e. The summed E-state index contributed by atoms with van der Waals surface area (Å²) in [5, 5.41) is 0. The van der Waals surface area contributed by atoms with E-state index in [1.807, 2.05) is 6.07 Å². The summed E-state index contributed by atoms with van der Waals surface area (Å²) < 4.78 is 3.12. The van der Waals surface area contributed by atoms with Crippen LogP contribution in [0.3, 0.4) is 0 Å². The fourth-order valence-corrected chi connectivity index (χ4v) is 4.09. The predicted octanol–water partition coefficient (Wildman–Crippen LogP) is 5.66. The van der Waals surface area contributed by atoms with Gasteiger partial charge in [-0.1, -0.05) is 34.1 Å². The zero-order chi connectivity index (χ0) is 17.6. The molecule has 25 heavy (non-hydrogen) atoms. The second kappa shape index (κ2) is 6.16. The van der Waals surface area contributed by atoms with Crippen molar-refractivity contribution in [3.05, 3.63) is 92.7 Å². The molecule has 0 radical (unpaired) electrons. The molecule has 1 aliphatic carbocycles. The van der Waals surface area contributed by atoms with Crippen LogP contribution in [0.1, 0.15) is 38.4 Å². The molecule has 0 aliphatic heterocycles. The maximum Gasteiger partial charge on any atom is 0.151 e. The standard InChI is InChI=1S/C22H18BrNO/c1-14-3-4-15(2)24(14)19-8-5-16(6-9-19)20-10-7-17-12-22(23)18(13-25)11-21(17)20/h3-6,8-13H,7H2,1-2H3. The maximum atomic E-state index is 11.3. The van der Waals surface area contributed by atoms with Crippen LogP contribution in [0.15, 0.2) is 59.1 Å². The number of nitrogens with zero attached hydrogens (tertiary/aromatic N) is 1. The highest BCUT2D eigenvalue weighted by atomic mass is 79.9. The summed E-state index contributed by atoms with van der Waals surface area (Å²) in [7, 11) is 0. The van der Waals surface area contributed by atoms with Crippen LogP contribution in [0.25, 0.3) is 11.3 Å². The van der Waals surface area contributed by atoms with Crippen LogP contribution in [0.5, 0.6) is 0 Å². The van der Waals surface area contributed by atoms with Crippen LogP contribution in [0, 0.1) is 13.8 Å². The molecular formula is C22H18BrNO. The molecule has 0 amide bonds. The molecule has 3 heteroatoms. The van der Waals surface area contributed by atoms with Gasteiger partial charge in [-0.05, 0) is 78.9 Å². The lowest BCUT2D eigenvalue weighted by atomic mass is 9.97. The van der Waals surface area contributed by atoms with Crippen molar-refractivity contribution in [2.45, 2.75) is 20.3 Å². The summed E-state index contributed by atoms with van der Waals surface area (Å²) in [6.45, 7) is 4.24. The number of aryl methyl sites for hydroxylation is 2.